The molecule has 1 unspecified atom stereocenters. The topological polar surface area (TPSA) is 69.6 Å². The first kappa shape index (κ1) is 17.4. The Hall–Kier alpha value is -0.610. The highest BCUT2D eigenvalue weighted by Gasteiger charge is 2.28. The Kier molecular flexibility index (Phi) is 9.98. The molecule has 0 aliphatic carbocycles. The van der Waals surface area contributed by atoms with Gasteiger partial charge < -0.3 is 15.5 Å². The van der Waals surface area contributed by atoms with Gasteiger partial charge in [-0.2, -0.15) is 0 Å². The molecule has 0 saturated heterocycles. The van der Waals surface area contributed by atoms with Crippen molar-refractivity contribution in [1.29, 1.82) is 0 Å². The number of nitrogens with one attached hydrogen (secondary N) is 1. The van der Waals surface area contributed by atoms with Gasteiger partial charge >= 0.3 is 5.97 Å². The number of aliphatic carboxylic acids is 1. The number of rotatable bonds is 12. The van der Waals surface area contributed by atoms with Crippen molar-refractivity contribution in [3.05, 3.63) is 0 Å². The van der Waals surface area contributed by atoms with Gasteiger partial charge in [0.1, 0.15) is 0 Å². The zero-order chi connectivity index (χ0) is 13.9. The molecule has 0 aliphatic rings. The van der Waals surface area contributed by atoms with Gasteiger partial charge in [-0.05, 0) is 19.9 Å². The molecule has 0 aromatic carbocycles. The normalized spacial score (nSPS) is 14.4. The smallest absolute Gasteiger partial charge is 0.336 e. The summed E-state index contributed by atoms with van der Waals surface area (Å²) in [6, 6.07) is 0. The minimum Gasteiger partial charge on any atom is -0.479 e. The number of carbonyl (C=O) groups is 1. The fraction of sp³-hybridized carbons (Fsp3) is 0.929. The fourth-order valence-corrected chi connectivity index (χ4v) is 1.79. The van der Waals surface area contributed by atoms with E-state index in [2.05, 4.69) is 12.2 Å². The Morgan fingerprint density at radius 2 is 1.56 bits per heavy atom. The van der Waals surface area contributed by atoms with E-state index in [1.807, 2.05) is 0 Å². The second-order valence-corrected chi connectivity index (χ2v) is 5.23. The Labute approximate surface area is 111 Å². The number of aliphatic hydroxyl groups is 1. The maximum absolute atomic E-state index is 10.6. The molecular formula is C14H29NO3. The van der Waals surface area contributed by atoms with Crippen molar-refractivity contribution >= 4 is 5.97 Å². The van der Waals surface area contributed by atoms with Crippen LogP contribution in [0.25, 0.3) is 0 Å². The Morgan fingerprint density at radius 1 is 1.06 bits per heavy atom. The van der Waals surface area contributed by atoms with E-state index in [9.17, 15) is 9.90 Å². The van der Waals surface area contributed by atoms with Gasteiger partial charge in [-0.1, -0.05) is 51.9 Å². The number of hydrogen-bond acceptors (Lipinski definition) is 3. The molecule has 0 heterocycles. The molecule has 4 heteroatoms. The molecule has 0 radical (unpaired) electrons. The maximum atomic E-state index is 10.6. The molecule has 0 spiro atoms. The van der Waals surface area contributed by atoms with Gasteiger partial charge in [0.25, 0.3) is 0 Å². The van der Waals surface area contributed by atoms with Gasteiger partial charge in [-0.15, -0.1) is 0 Å². The van der Waals surface area contributed by atoms with Crippen LogP contribution in [0.2, 0.25) is 0 Å². The van der Waals surface area contributed by atoms with Crippen LogP contribution in [0, 0.1) is 0 Å². The van der Waals surface area contributed by atoms with Crippen LogP contribution in [0.15, 0.2) is 0 Å². The number of carboxylic acids is 1. The van der Waals surface area contributed by atoms with Crippen LogP contribution < -0.4 is 5.32 Å². The highest BCUT2D eigenvalue weighted by molar-refractivity contribution is 5.76. The minimum atomic E-state index is -1.65. The second kappa shape index (κ2) is 10.3. The number of carboxylic acid groups (broad SMARTS) is 1. The van der Waals surface area contributed by atoms with Gasteiger partial charge in [0, 0.05) is 6.54 Å². The SMILES string of the molecule is CCCCCCCCCCNCC(C)(O)C(=O)O. The lowest BCUT2D eigenvalue weighted by Crippen LogP contribution is -2.45. The molecule has 0 aliphatic heterocycles. The molecule has 0 bridgehead atoms. The lowest BCUT2D eigenvalue weighted by Gasteiger charge is -2.18. The molecule has 0 amide bonds. The maximum Gasteiger partial charge on any atom is 0.336 e. The van der Waals surface area contributed by atoms with Gasteiger partial charge in [-0.25, -0.2) is 4.79 Å². The largest absolute Gasteiger partial charge is 0.479 e. The number of unbranched alkanes of at least 4 members (excludes halogenated alkanes) is 7. The van der Waals surface area contributed by atoms with E-state index in [1.54, 1.807) is 0 Å². The molecule has 0 fully saturated rings. The summed E-state index contributed by atoms with van der Waals surface area (Å²) in [5, 5.41) is 21.1. The first-order valence-electron chi connectivity index (χ1n) is 7.17. The molecule has 1 atom stereocenters. The first-order valence-corrected chi connectivity index (χ1v) is 7.17. The summed E-state index contributed by atoms with van der Waals surface area (Å²) in [5.74, 6) is -1.18. The Morgan fingerprint density at radius 3 is 2.06 bits per heavy atom. The van der Waals surface area contributed by atoms with Crippen LogP contribution in [0.5, 0.6) is 0 Å². The van der Waals surface area contributed by atoms with Crippen molar-refractivity contribution in [1.82, 2.24) is 5.32 Å². The molecule has 4 nitrogen and oxygen atoms in total. The standard InChI is InChI=1S/C14H29NO3/c1-3-4-5-6-7-8-9-10-11-15-12-14(2,18)13(16)17/h15,18H,3-12H2,1-2H3,(H,16,17). The zero-order valence-electron chi connectivity index (χ0n) is 11.9. The monoisotopic (exact) mass is 259 g/mol. The molecular weight excluding hydrogens is 230 g/mol. The molecule has 0 rings (SSSR count). The van der Waals surface area contributed by atoms with E-state index in [0.717, 1.165) is 13.0 Å². The van der Waals surface area contributed by atoms with Crippen LogP contribution >= 0.6 is 0 Å². The summed E-state index contributed by atoms with van der Waals surface area (Å²) in [5.41, 5.74) is -1.65. The average molecular weight is 259 g/mol. The highest BCUT2D eigenvalue weighted by Crippen LogP contribution is 2.08. The summed E-state index contributed by atoms with van der Waals surface area (Å²) < 4.78 is 0. The van der Waals surface area contributed by atoms with Gasteiger partial charge in [0.15, 0.2) is 5.60 Å². The Balaban J connectivity index is 3.24. The predicted octanol–water partition coefficient (Wildman–Crippen LogP) is 2.55. The summed E-state index contributed by atoms with van der Waals surface area (Å²) in [7, 11) is 0. The quantitative estimate of drug-likeness (QED) is 0.471. The lowest BCUT2D eigenvalue weighted by atomic mass is 10.1. The average Bonchev–Trinajstić information content (AvgIpc) is 2.31. The van der Waals surface area contributed by atoms with E-state index in [4.69, 9.17) is 5.11 Å². The van der Waals surface area contributed by atoms with E-state index >= 15 is 0 Å². The van der Waals surface area contributed by atoms with Crippen LogP contribution in [-0.2, 0) is 4.79 Å². The zero-order valence-corrected chi connectivity index (χ0v) is 11.9. The summed E-state index contributed by atoms with van der Waals surface area (Å²) >= 11 is 0. The number of hydrogen-bond donors (Lipinski definition) is 3. The van der Waals surface area contributed by atoms with Crippen molar-refractivity contribution in [3.8, 4) is 0 Å². The van der Waals surface area contributed by atoms with E-state index in [-0.39, 0.29) is 6.54 Å². The first-order chi connectivity index (χ1) is 8.50. The summed E-state index contributed by atoms with van der Waals surface area (Å²) in [6.07, 6.45) is 10.1. The van der Waals surface area contributed by atoms with Crippen LogP contribution in [0.4, 0.5) is 0 Å². The summed E-state index contributed by atoms with van der Waals surface area (Å²) in [6.45, 7) is 4.42. The molecule has 18 heavy (non-hydrogen) atoms. The van der Waals surface area contributed by atoms with Crippen molar-refractivity contribution in [2.75, 3.05) is 13.1 Å². The van der Waals surface area contributed by atoms with Crippen molar-refractivity contribution in [3.63, 3.8) is 0 Å². The van der Waals surface area contributed by atoms with Gasteiger partial charge in [-0.3, -0.25) is 0 Å². The Bertz CT molecular complexity index is 217. The summed E-state index contributed by atoms with van der Waals surface area (Å²) in [4.78, 5) is 10.6. The van der Waals surface area contributed by atoms with E-state index in [0.29, 0.717) is 0 Å². The van der Waals surface area contributed by atoms with Crippen molar-refractivity contribution < 1.29 is 15.0 Å². The lowest BCUT2D eigenvalue weighted by molar-refractivity contribution is -0.156. The molecule has 3 N–H and O–H groups in total. The van der Waals surface area contributed by atoms with Crippen LogP contribution in [0.3, 0.4) is 0 Å². The highest BCUT2D eigenvalue weighted by atomic mass is 16.4. The second-order valence-electron chi connectivity index (χ2n) is 5.23. The molecule has 0 saturated carbocycles. The molecule has 0 aromatic heterocycles. The minimum absolute atomic E-state index is 0.110. The third kappa shape index (κ3) is 9.42. The van der Waals surface area contributed by atoms with Gasteiger partial charge in [0.05, 0.1) is 0 Å². The molecule has 108 valence electrons. The molecule has 0 aromatic rings. The third-order valence-corrected chi connectivity index (χ3v) is 3.14. The van der Waals surface area contributed by atoms with Gasteiger partial charge in [0.2, 0.25) is 0 Å². The third-order valence-electron chi connectivity index (χ3n) is 3.14. The van der Waals surface area contributed by atoms with E-state index in [1.165, 1.54) is 51.9 Å². The van der Waals surface area contributed by atoms with Crippen molar-refractivity contribution in [2.24, 2.45) is 0 Å². The fourth-order valence-electron chi connectivity index (χ4n) is 1.79. The van der Waals surface area contributed by atoms with E-state index < -0.39 is 11.6 Å². The van der Waals surface area contributed by atoms with Crippen molar-refractivity contribution in [2.45, 2.75) is 70.8 Å². The van der Waals surface area contributed by atoms with Crippen LogP contribution in [-0.4, -0.2) is 34.9 Å². The van der Waals surface area contributed by atoms with Crippen LogP contribution in [0.1, 0.15) is 65.2 Å². The predicted molar refractivity (Wildman–Crippen MR) is 73.7 cm³/mol.